The molecule has 0 spiro atoms. The van der Waals surface area contributed by atoms with Gasteiger partial charge >= 0.3 is 5.97 Å². The van der Waals surface area contributed by atoms with Gasteiger partial charge < -0.3 is 5.11 Å². The van der Waals surface area contributed by atoms with E-state index in [1.54, 1.807) is 4.68 Å². The first kappa shape index (κ1) is 11.0. The van der Waals surface area contributed by atoms with Gasteiger partial charge in [0, 0.05) is 12.6 Å². The topological polar surface area (TPSA) is 55.1 Å². The van der Waals surface area contributed by atoms with Crippen LogP contribution in [0.1, 0.15) is 18.5 Å². The summed E-state index contributed by atoms with van der Waals surface area (Å²) in [6.45, 7) is 0. The molecule has 1 fully saturated rings. The van der Waals surface area contributed by atoms with Gasteiger partial charge in [-0.25, -0.2) is 4.68 Å². The maximum absolute atomic E-state index is 11.1. The van der Waals surface area contributed by atoms with E-state index < -0.39 is 11.4 Å². The van der Waals surface area contributed by atoms with Crippen molar-refractivity contribution in [3.05, 3.63) is 48.3 Å². The van der Waals surface area contributed by atoms with Gasteiger partial charge in [0.25, 0.3) is 0 Å². The fraction of sp³-hybridized carbons (Fsp3) is 0.286. The standard InChI is InChI=1S/C14H14N2O2/c17-13(18)14(7-8-14)10-11-6-9-16(15-11)12-4-2-1-3-5-12/h1-6,9H,7-8,10H2,(H,17,18). The van der Waals surface area contributed by atoms with E-state index in [2.05, 4.69) is 5.10 Å². The highest BCUT2D eigenvalue weighted by atomic mass is 16.4. The number of aromatic nitrogens is 2. The van der Waals surface area contributed by atoms with Crippen LogP contribution in [-0.2, 0) is 11.2 Å². The largest absolute Gasteiger partial charge is 0.481 e. The molecule has 0 bridgehead atoms. The van der Waals surface area contributed by atoms with Crippen LogP contribution in [0.25, 0.3) is 5.69 Å². The van der Waals surface area contributed by atoms with Crippen molar-refractivity contribution in [3.63, 3.8) is 0 Å². The Morgan fingerprint density at radius 1 is 1.28 bits per heavy atom. The average molecular weight is 242 g/mol. The molecule has 0 aliphatic heterocycles. The van der Waals surface area contributed by atoms with Gasteiger partial charge in [0.15, 0.2) is 0 Å². The molecule has 2 aromatic rings. The summed E-state index contributed by atoms with van der Waals surface area (Å²) in [5, 5.41) is 13.6. The van der Waals surface area contributed by atoms with Crippen LogP contribution in [0.15, 0.2) is 42.6 Å². The van der Waals surface area contributed by atoms with Crippen molar-refractivity contribution in [1.29, 1.82) is 0 Å². The van der Waals surface area contributed by atoms with Crippen LogP contribution < -0.4 is 0 Å². The smallest absolute Gasteiger partial charge is 0.310 e. The summed E-state index contributed by atoms with van der Waals surface area (Å²) in [5.74, 6) is -0.697. The van der Waals surface area contributed by atoms with Crippen molar-refractivity contribution in [2.45, 2.75) is 19.3 Å². The first-order valence-corrected chi connectivity index (χ1v) is 6.03. The molecular weight excluding hydrogens is 228 g/mol. The summed E-state index contributed by atoms with van der Waals surface area (Å²) < 4.78 is 1.78. The fourth-order valence-electron chi connectivity index (χ4n) is 2.14. The minimum absolute atomic E-state index is 0.530. The highest BCUT2D eigenvalue weighted by molar-refractivity contribution is 5.78. The summed E-state index contributed by atoms with van der Waals surface area (Å²) in [4.78, 5) is 11.1. The molecule has 1 aliphatic rings. The number of rotatable bonds is 4. The van der Waals surface area contributed by atoms with Gasteiger partial charge in [-0.15, -0.1) is 0 Å². The van der Waals surface area contributed by atoms with Crippen molar-refractivity contribution < 1.29 is 9.90 Å². The van der Waals surface area contributed by atoms with Crippen LogP contribution in [0.4, 0.5) is 0 Å². The Kier molecular flexibility index (Phi) is 2.44. The van der Waals surface area contributed by atoms with E-state index in [1.807, 2.05) is 42.6 Å². The molecule has 0 atom stereocenters. The lowest BCUT2D eigenvalue weighted by Gasteiger charge is -2.06. The molecule has 4 nitrogen and oxygen atoms in total. The molecule has 4 heteroatoms. The minimum Gasteiger partial charge on any atom is -0.481 e. The number of carbonyl (C=O) groups is 1. The predicted molar refractivity (Wildman–Crippen MR) is 66.6 cm³/mol. The molecule has 1 aromatic carbocycles. The van der Waals surface area contributed by atoms with Gasteiger partial charge in [-0.2, -0.15) is 5.10 Å². The molecule has 1 saturated carbocycles. The number of hydrogen-bond donors (Lipinski definition) is 1. The van der Waals surface area contributed by atoms with E-state index in [-0.39, 0.29) is 0 Å². The zero-order valence-electron chi connectivity index (χ0n) is 9.91. The maximum atomic E-state index is 11.1. The molecule has 0 amide bonds. The molecule has 1 aliphatic carbocycles. The van der Waals surface area contributed by atoms with E-state index in [4.69, 9.17) is 5.11 Å². The lowest BCUT2D eigenvalue weighted by molar-refractivity contribution is -0.143. The van der Waals surface area contributed by atoms with Gasteiger partial charge in [-0.1, -0.05) is 18.2 Å². The average Bonchev–Trinajstić information content (AvgIpc) is 3.01. The van der Waals surface area contributed by atoms with Crippen LogP contribution in [0.5, 0.6) is 0 Å². The molecule has 3 rings (SSSR count). The Morgan fingerprint density at radius 2 is 2.00 bits per heavy atom. The summed E-state index contributed by atoms with van der Waals surface area (Å²) in [6.07, 6.45) is 3.94. The molecule has 1 heterocycles. The predicted octanol–water partition coefficient (Wildman–Crippen LogP) is 2.28. The molecule has 18 heavy (non-hydrogen) atoms. The van der Waals surface area contributed by atoms with Crippen LogP contribution in [0, 0.1) is 5.41 Å². The van der Waals surface area contributed by atoms with Gasteiger partial charge in [0.2, 0.25) is 0 Å². The molecular formula is C14H14N2O2. The minimum atomic E-state index is -0.697. The van der Waals surface area contributed by atoms with Crippen molar-refractivity contribution in [3.8, 4) is 5.69 Å². The quantitative estimate of drug-likeness (QED) is 0.894. The number of carboxylic acid groups (broad SMARTS) is 1. The zero-order chi connectivity index (χ0) is 12.6. The lowest BCUT2D eigenvalue weighted by atomic mass is 10.0. The Balaban J connectivity index is 1.81. The van der Waals surface area contributed by atoms with Crippen LogP contribution >= 0.6 is 0 Å². The maximum Gasteiger partial charge on any atom is 0.310 e. The second kappa shape index (κ2) is 3.98. The third kappa shape index (κ3) is 1.90. The molecule has 1 N–H and O–H groups in total. The SMILES string of the molecule is O=C(O)C1(Cc2ccn(-c3ccccc3)n2)CC1. The van der Waals surface area contributed by atoms with Gasteiger partial charge in [0.05, 0.1) is 16.8 Å². The lowest BCUT2D eigenvalue weighted by Crippen LogP contribution is -2.17. The fourth-order valence-corrected chi connectivity index (χ4v) is 2.14. The first-order valence-electron chi connectivity index (χ1n) is 6.03. The number of para-hydroxylation sites is 1. The number of aliphatic carboxylic acids is 1. The second-order valence-corrected chi connectivity index (χ2v) is 4.85. The van der Waals surface area contributed by atoms with Crippen LogP contribution in [0.2, 0.25) is 0 Å². The molecule has 1 aromatic heterocycles. The molecule has 0 unspecified atom stereocenters. The molecule has 0 radical (unpaired) electrons. The summed E-state index contributed by atoms with van der Waals surface area (Å²) in [7, 11) is 0. The molecule has 92 valence electrons. The first-order chi connectivity index (χ1) is 8.70. The number of hydrogen-bond acceptors (Lipinski definition) is 2. The van der Waals surface area contributed by atoms with E-state index >= 15 is 0 Å². The highest BCUT2D eigenvalue weighted by Gasteiger charge is 2.50. The summed E-state index contributed by atoms with van der Waals surface area (Å²) in [6, 6.07) is 11.7. The van der Waals surface area contributed by atoms with E-state index in [0.717, 1.165) is 24.2 Å². The highest BCUT2D eigenvalue weighted by Crippen LogP contribution is 2.48. The Morgan fingerprint density at radius 3 is 2.61 bits per heavy atom. The third-order valence-electron chi connectivity index (χ3n) is 3.49. The van der Waals surface area contributed by atoms with Crippen molar-refractivity contribution in [2.24, 2.45) is 5.41 Å². The van der Waals surface area contributed by atoms with Crippen molar-refractivity contribution in [2.75, 3.05) is 0 Å². The second-order valence-electron chi connectivity index (χ2n) is 4.85. The van der Waals surface area contributed by atoms with Crippen molar-refractivity contribution in [1.82, 2.24) is 9.78 Å². The number of carboxylic acids is 1. The Hall–Kier alpha value is -2.10. The van der Waals surface area contributed by atoms with Crippen LogP contribution in [0.3, 0.4) is 0 Å². The zero-order valence-corrected chi connectivity index (χ0v) is 9.91. The molecule has 0 saturated heterocycles. The van der Waals surface area contributed by atoms with Gasteiger partial charge in [-0.05, 0) is 31.0 Å². The Labute approximate surface area is 105 Å². The van der Waals surface area contributed by atoms with Gasteiger partial charge in [-0.3, -0.25) is 4.79 Å². The van der Waals surface area contributed by atoms with E-state index in [1.165, 1.54) is 0 Å². The summed E-state index contributed by atoms with van der Waals surface area (Å²) in [5.41, 5.74) is 1.29. The van der Waals surface area contributed by atoms with E-state index in [0.29, 0.717) is 6.42 Å². The monoisotopic (exact) mass is 242 g/mol. The third-order valence-corrected chi connectivity index (χ3v) is 3.49. The number of nitrogens with zero attached hydrogens (tertiary/aromatic N) is 2. The Bertz CT molecular complexity index is 570. The van der Waals surface area contributed by atoms with Crippen molar-refractivity contribution >= 4 is 5.97 Å². The van der Waals surface area contributed by atoms with Gasteiger partial charge in [0.1, 0.15) is 0 Å². The number of benzene rings is 1. The normalized spacial score (nSPS) is 16.4. The summed E-state index contributed by atoms with van der Waals surface area (Å²) >= 11 is 0. The van der Waals surface area contributed by atoms with E-state index in [9.17, 15) is 4.79 Å². The van der Waals surface area contributed by atoms with Crippen LogP contribution in [-0.4, -0.2) is 20.9 Å².